The van der Waals surface area contributed by atoms with Gasteiger partial charge in [0, 0.05) is 27.5 Å². The maximum atomic E-state index is 12.8. The quantitative estimate of drug-likeness (QED) is 0.382. The van der Waals surface area contributed by atoms with Crippen LogP contribution in [0.4, 0.5) is 5.69 Å². The van der Waals surface area contributed by atoms with Crippen LogP contribution in [0.3, 0.4) is 0 Å². The van der Waals surface area contributed by atoms with E-state index in [-0.39, 0.29) is 36.3 Å². The van der Waals surface area contributed by atoms with Gasteiger partial charge in [0.05, 0.1) is 11.6 Å². The number of alkyl halides is 1. The van der Waals surface area contributed by atoms with Crippen LogP contribution in [0.2, 0.25) is 5.02 Å². The average Bonchev–Trinajstić information content (AvgIpc) is 3.12. The lowest BCUT2D eigenvalue weighted by Gasteiger charge is -2.33. The number of anilines is 1. The molecule has 0 saturated heterocycles. The molecule has 148 valence electrons. The van der Waals surface area contributed by atoms with Crippen molar-refractivity contribution in [2.75, 3.05) is 10.8 Å². The van der Waals surface area contributed by atoms with E-state index in [0.29, 0.717) is 17.0 Å². The van der Waals surface area contributed by atoms with Gasteiger partial charge in [-0.25, -0.2) is 4.79 Å². The van der Waals surface area contributed by atoms with E-state index in [1.165, 1.54) is 0 Å². The van der Waals surface area contributed by atoms with Crippen LogP contribution >= 0.6 is 39.1 Å². The fourth-order valence-corrected chi connectivity index (χ4v) is 4.01. The summed E-state index contributed by atoms with van der Waals surface area (Å²) in [4.78, 5) is 27.1. The topological polar surface area (TPSA) is 46.6 Å². The Bertz CT molecular complexity index is 827. The molecule has 7 heteroatoms. The molecule has 0 radical (unpaired) electrons. The Labute approximate surface area is 182 Å². The number of benzene rings is 2. The van der Waals surface area contributed by atoms with Crippen molar-refractivity contribution in [1.82, 2.24) is 0 Å². The summed E-state index contributed by atoms with van der Waals surface area (Å²) >= 11 is 15.2. The molecule has 1 aliphatic rings. The molecule has 0 N–H and O–H groups in total. The molecule has 0 aliphatic heterocycles. The van der Waals surface area contributed by atoms with Gasteiger partial charge in [0.25, 0.3) is 0 Å². The minimum atomic E-state index is -0.384. The van der Waals surface area contributed by atoms with Crippen molar-refractivity contribution in [2.24, 2.45) is 0 Å². The van der Waals surface area contributed by atoms with Crippen LogP contribution in [0.25, 0.3) is 0 Å². The molecule has 2 aromatic rings. The number of esters is 1. The zero-order valence-corrected chi connectivity index (χ0v) is 18.2. The monoisotopic (exact) mass is 483 g/mol. The van der Waals surface area contributed by atoms with Crippen LogP contribution in [0, 0.1) is 0 Å². The molecule has 28 heavy (non-hydrogen) atoms. The van der Waals surface area contributed by atoms with Gasteiger partial charge in [-0.15, -0.1) is 11.6 Å². The molecule has 2 atom stereocenters. The maximum Gasteiger partial charge on any atom is 0.338 e. The SMILES string of the molecule is O=C(OC1CCCC1N(C(=O)CCCl)c1ccc(Cl)cc1)c1ccc(Br)cc1. The highest BCUT2D eigenvalue weighted by Crippen LogP contribution is 2.32. The molecular weight excluding hydrogens is 465 g/mol. The normalized spacial score (nSPS) is 18.7. The van der Waals surface area contributed by atoms with Crippen LogP contribution in [0.15, 0.2) is 53.0 Å². The van der Waals surface area contributed by atoms with E-state index in [0.717, 1.165) is 23.0 Å². The van der Waals surface area contributed by atoms with Crippen LogP contribution < -0.4 is 4.90 Å². The van der Waals surface area contributed by atoms with Gasteiger partial charge in [-0.3, -0.25) is 4.79 Å². The lowest BCUT2D eigenvalue weighted by molar-refractivity contribution is -0.119. The van der Waals surface area contributed by atoms with Crippen LogP contribution in [-0.4, -0.2) is 29.9 Å². The Balaban J connectivity index is 1.82. The summed E-state index contributed by atoms with van der Waals surface area (Å²) in [5.74, 6) is -0.238. The zero-order chi connectivity index (χ0) is 20.1. The van der Waals surface area contributed by atoms with E-state index in [1.807, 2.05) is 0 Å². The Kier molecular flexibility index (Phi) is 7.38. The van der Waals surface area contributed by atoms with Crippen molar-refractivity contribution in [2.45, 2.75) is 37.8 Å². The van der Waals surface area contributed by atoms with Gasteiger partial charge in [0.1, 0.15) is 6.10 Å². The van der Waals surface area contributed by atoms with Crippen molar-refractivity contribution >= 4 is 56.7 Å². The highest BCUT2D eigenvalue weighted by atomic mass is 79.9. The first kappa shape index (κ1) is 21.2. The number of carbonyl (C=O) groups is 2. The van der Waals surface area contributed by atoms with Gasteiger partial charge >= 0.3 is 5.97 Å². The van der Waals surface area contributed by atoms with Crippen molar-refractivity contribution in [1.29, 1.82) is 0 Å². The van der Waals surface area contributed by atoms with Crippen LogP contribution in [-0.2, 0) is 9.53 Å². The largest absolute Gasteiger partial charge is 0.457 e. The van der Waals surface area contributed by atoms with E-state index in [4.69, 9.17) is 27.9 Å². The van der Waals surface area contributed by atoms with E-state index in [9.17, 15) is 9.59 Å². The third-order valence-corrected chi connectivity index (χ3v) is 5.74. The number of amides is 1. The molecule has 4 nitrogen and oxygen atoms in total. The number of hydrogen-bond donors (Lipinski definition) is 0. The fraction of sp³-hybridized carbons (Fsp3) is 0.333. The van der Waals surface area contributed by atoms with Gasteiger partial charge < -0.3 is 9.64 Å². The number of rotatable bonds is 6. The van der Waals surface area contributed by atoms with Gasteiger partial charge in [-0.2, -0.15) is 0 Å². The summed E-state index contributed by atoms with van der Waals surface area (Å²) < 4.78 is 6.69. The third kappa shape index (κ3) is 5.07. The summed E-state index contributed by atoms with van der Waals surface area (Å²) in [7, 11) is 0. The molecule has 1 amide bonds. The first-order valence-corrected chi connectivity index (χ1v) is 10.8. The van der Waals surface area contributed by atoms with Crippen LogP contribution in [0.5, 0.6) is 0 Å². The summed E-state index contributed by atoms with van der Waals surface area (Å²) in [5.41, 5.74) is 1.22. The molecule has 1 aliphatic carbocycles. The minimum absolute atomic E-state index is 0.0890. The third-order valence-electron chi connectivity index (χ3n) is 4.77. The maximum absolute atomic E-state index is 12.8. The highest BCUT2D eigenvalue weighted by molar-refractivity contribution is 9.10. The fourth-order valence-electron chi connectivity index (χ4n) is 3.45. The zero-order valence-electron chi connectivity index (χ0n) is 15.1. The Morgan fingerprint density at radius 1 is 1.07 bits per heavy atom. The smallest absolute Gasteiger partial charge is 0.338 e. The molecule has 1 fully saturated rings. The van der Waals surface area contributed by atoms with Gasteiger partial charge in [-0.05, 0) is 67.8 Å². The average molecular weight is 485 g/mol. The second-order valence-corrected chi connectivity index (χ2v) is 8.36. The summed E-state index contributed by atoms with van der Waals surface area (Å²) in [6.07, 6.45) is 2.20. The first-order chi connectivity index (χ1) is 13.5. The Morgan fingerprint density at radius 2 is 1.75 bits per heavy atom. The van der Waals surface area contributed by atoms with Gasteiger partial charge in [-0.1, -0.05) is 27.5 Å². The second kappa shape index (κ2) is 9.77. The van der Waals surface area contributed by atoms with Gasteiger partial charge in [0.15, 0.2) is 0 Å². The number of halogens is 3. The van der Waals surface area contributed by atoms with Crippen LogP contribution in [0.1, 0.15) is 36.0 Å². The molecule has 2 aromatic carbocycles. The molecule has 1 saturated carbocycles. The summed E-state index contributed by atoms with van der Waals surface area (Å²) in [6.45, 7) is 0. The van der Waals surface area contributed by atoms with E-state index in [2.05, 4.69) is 15.9 Å². The second-order valence-electron chi connectivity index (χ2n) is 6.63. The van der Waals surface area contributed by atoms with E-state index < -0.39 is 0 Å². The van der Waals surface area contributed by atoms with Crippen molar-refractivity contribution in [3.8, 4) is 0 Å². The molecule has 0 heterocycles. The molecule has 2 unspecified atom stereocenters. The first-order valence-electron chi connectivity index (χ1n) is 9.09. The number of carbonyl (C=O) groups excluding carboxylic acids is 2. The molecule has 0 spiro atoms. The molecule has 0 bridgehead atoms. The number of nitrogens with zero attached hydrogens (tertiary/aromatic N) is 1. The molecular formula is C21H20BrCl2NO3. The highest BCUT2D eigenvalue weighted by Gasteiger charge is 2.38. The minimum Gasteiger partial charge on any atom is -0.457 e. The number of ether oxygens (including phenoxy) is 1. The lowest BCUT2D eigenvalue weighted by atomic mass is 10.1. The van der Waals surface area contributed by atoms with E-state index >= 15 is 0 Å². The predicted molar refractivity (Wildman–Crippen MR) is 115 cm³/mol. The molecule has 3 rings (SSSR count). The Morgan fingerprint density at radius 3 is 2.39 bits per heavy atom. The van der Waals surface area contributed by atoms with Gasteiger partial charge in [0.2, 0.25) is 5.91 Å². The Hall–Kier alpha value is -1.56. The van der Waals surface area contributed by atoms with Crippen molar-refractivity contribution < 1.29 is 14.3 Å². The lowest BCUT2D eigenvalue weighted by Crippen LogP contribution is -2.46. The standard InChI is InChI=1S/C21H20BrCl2NO3/c22-15-6-4-14(5-7-15)21(27)28-19-3-1-2-18(19)25(20(26)12-13-23)17-10-8-16(24)9-11-17/h4-11,18-19H,1-3,12-13H2. The molecule has 0 aromatic heterocycles. The van der Waals surface area contributed by atoms with Crippen molar-refractivity contribution in [3.63, 3.8) is 0 Å². The van der Waals surface area contributed by atoms with E-state index in [1.54, 1.807) is 53.4 Å². The summed E-state index contributed by atoms with van der Waals surface area (Å²) in [5, 5.41) is 0.595. The number of hydrogen-bond acceptors (Lipinski definition) is 3. The summed E-state index contributed by atoms with van der Waals surface area (Å²) in [6, 6.07) is 13.9. The van der Waals surface area contributed by atoms with Crippen molar-refractivity contribution in [3.05, 3.63) is 63.6 Å². The predicted octanol–water partition coefficient (Wildman–Crippen LogP) is 5.84.